The standard InChI is InChI=1S/C8H12O2.C2H6/c1-9-7-4-3-5-8(6-7)10-2;1-2/h3-4,6,8H,5H2,1-2H3;1-2H3. The van der Waals surface area contributed by atoms with Gasteiger partial charge in [0.15, 0.2) is 0 Å². The zero-order valence-corrected chi connectivity index (χ0v) is 8.33. The highest BCUT2D eigenvalue weighted by molar-refractivity contribution is 5.19. The minimum absolute atomic E-state index is 0.194. The largest absolute Gasteiger partial charge is 0.497 e. The molecule has 1 aliphatic rings. The Bertz CT molecular complexity index is 159. The van der Waals surface area contributed by atoms with Crippen LogP contribution in [0.25, 0.3) is 0 Å². The summed E-state index contributed by atoms with van der Waals surface area (Å²) in [6.45, 7) is 4.00. The molecule has 0 aromatic heterocycles. The first-order valence-electron chi connectivity index (χ1n) is 4.32. The summed E-state index contributed by atoms with van der Waals surface area (Å²) in [7, 11) is 3.36. The molecule has 0 aliphatic heterocycles. The van der Waals surface area contributed by atoms with Crippen molar-refractivity contribution >= 4 is 0 Å². The first-order chi connectivity index (χ1) is 5.86. The van der Waals surface area contributed by atoms with E-state index in [4.69, 9.17) is 9.47 Å². The molecule has 0 bridgehead atoms. The van der Waals surface area contributed by atoms with Crippen molar-refractivity contribution in [3.8, 4) is 0 Å². The third-order valence-electron chi connectivity index (χ3n) is 1.54. The molecule has 2 heteroatoms. The van der Waals surface area contributed by atoms with Crippen LogP contribution in [0.15, 0.2) is 24.0 Å². The van der Waals surface area contributed by atoms with Gasteiger partial charge >= 0.3 is 0 Å². The van der Waals surface area contributed by atoms with Crippen LogP contribution < -0.4 is 0 Å². The van der Waals surface area contributed by atoms with Gasteiger partial charge in [-0.1, -0.05) is 19.9 Å². The molecule has 0 spiro atoms. The van der Waals surface area contributed by atoms with Crippen LogP contribution in [0.3, 0.4) is 0 Å². The summed E-state index contributed by atoms with van der Waals surface area (Å²) in [4.78, 5) is 0. The summed E-state index contributed by atoms with van der Waals surface area (Å²) in [6.07, 6.45) is 7.12. The van der Waals surface area contributed by atoms with E-state index in [2.05, 4.69) is 0 Å². The lowest BCUT2D eigenvalue weighted by Crippen LogP contribution is -2.09. The van der Waals surface area contributed by atoms with Crippen molar-refractivity contribution in [2.45, 2.75) is 26.4 Å². The Kier molecular flexibility index (Phi) is 6.48. The van der Waals surface area contributed by atoms with E-state index in [0.717, 1.165) is 12.2 Å². The highest BCUT2D eigenvalue weighted by Crippen LogP contribution is 2.12. The summed E-state index contributed by atoms with van der Waals surface area (Å²) < 4.78 is 10.1. The number of allylic oxidation sites excluding steroid dienone is 1. The van der Waals surface area contributed by atoms with E-state index in [1.807, 2.05) is 32.1 Å². The van der Waals surface area contributed by atoms with Crippen LogP contribution in [0.2, 0.25) is 0 Å². The minimum atomic E-state index is 0.194. The molecular weight excluding hydrogens is 152 g/mol. The lowest BCUT2D eigenvalue weighted by Gasteiger charge is -2.13. The van der Waals surface area contributed by atoms with Crippen molar-refractivity contribution in [1.82, 2.24) is 0 Å². The van der Waals surface area contributed by atoms with Gasteiger partial charge in [-0.2, -0.15) is 0 Å². The predicted octanol–water partition coefficient (Wildman–Crippen LogP) is 2.52. The molecule has 1 aliphatic carbocycles. The van der Waals surface area contributed by atoms with Crippen molar-refractivity contribution in [1.29, 1.82) is 0 Å². The number of methoxy groups -OCH3 is 2. The molecule has 0 aromatic rings. The highest BCUT2D eigenvalue weighted by atomic mass is 16.5. The first-order valence-corrected chi connectivity index (χ1v) is 4.32. The lowest BCUT2D eigenvalue weighted by atomic mass is 10.1. The Balaban J connectivity index is 0.000000561. The number of hydrogen-bond donors (Lipinski definition) is 0. The van der Waals surface area contributed by atoms with E-state index in [-0.39, 0.29) is 6.10 Å². The second kappa shape index (κ2) is 6.92. The van der Waals surface area contributed by atoms with Crippen molar-refractivity contribution in [2.24, 2.45) is 0 Å². The fourth-order valence-electron chi connectivity index (χ4n) is 0.925. The summed E-state index contributed by atoms with van der Waals surface area (Å²) in [5.41, 5.74) is 0. The fourth-order valence-corrected chi connectivity index (χ4v) is 0.925. The summed E-state index contributed by atoms with van der Waals surface area (Å²) in [5.74, 6) is 0.887. The predicted molar refractivity (Wildman–Crippen MR) is 51.0 cm³/mol. The van der Waals surface area contributed by atoms with Crippen LogP contribution in [0, 0.1) is 0 Å². The second-order valence-corrected chi connectivity index (χ2v) is 2.19. The van der Waals surface area contributed by atoms with Crippen LogP contribution >= 0.6 is 0 Å². The third kappa shape index (κ3) is 3.58. The molecule has 2 nitrogen and oxygen atoms in total. The Morgan fingerprint density at radius 3 is 2.50 bits per heavy atom. The topological polar surface area (TPSA) is 18.5 Å². The quantitative estimate of drug-likeness (QED) is 0.634. The van der Waals surface area contributed by atoms with E-state index >= 15 is 0 Å². The minimum Gasteiger partial charge on any atom is -0.497 e. The second-order valence-electron chi connectivity index (χ2n) is 2.19. The van der Waals surface area contributed by atoms with Gasteiger partial charge in [0.2, 0.25) is 0 Å². The van der Waals surface area contributed by atoms with Gasteiger partial charge in [-0.15, -0.1) is 0 Å². The molecule has 0 heterocycles. The van der Waals surface area contributed by atoms with E-state index in [0.29, 0.717) is 0 Å². The van der Waals surface area contributed by atoms with Crippen molar-refractivity contribution in [2.75, 3.05) is 14.2 Å². The van der Waals surface area contributed by atoms with Crippen molar-refractivity contribution in [3.63, 3.8) is 0 Å². The van der Waals surface area contributed by atoms with Crippen molar-refractivity contribution < 1.29 is 9.47 Å². The highest BCUT2D eigenvalue weighted by Gasteiger charge is 2.06. The smallest absolute Gasteiger partial charge is 0.117 e. The molecule has 0 saturated carbocycles. The normalized spacial score (nSPS) is 20.7. The van der Waals surface area contributed by atoms with Crippen LogP contribution in [-0.4, -0.2) is 20.3 Å². The van der Waals surface area contributed by atoms with Gasteiger partial charge < -0.3 is 9.47 Å². The fraction of sp³-hybridized carbons (Fsp3) is 0.600. The molecule has 1 atom stereocenters. The van der Waals surface area contributed by atoms with Crippen LogP contribution in [-0.2, 0) is 9.47 Å². The van der Waals surface area contributed by atoms with E-state index in [1.165, 1.54) is 0 Å². The Morgan fingerprint density at radius 1 is 1.33 bits per heavy atom. The molecule has 0 amide bonds. The molecule has 1 unspecified atom stereocenters. The Morgan fingerprint density at radius 2 is 2.00 bits per heavy atom. The maximum Gasteiger partial charge on any atom is 0.117 e. The number of ether oxygens (including phenoxy) is 2. The van der Waals surface area contributed by atoms with Gasteiger partial charge in [0.1, 0.15) is 5.76 Å². The lowest BCUT2D eigenvalue weighted by molar-refractivity contribution is 0.136. The average molecular weight is 170 g/mol. The first kappa shape index (κ1) is 11.2. The third-order valence-corrected chi connectivity index (χ3v) is 1.54. The van der Waals surface area contributed by atoms with E-state index in [9.17, 15) is 0 Å². The van der Waals surface area contributed by atoms with E-state index in [1.54, 1.807) is 14.2 Å². The van der Waals surface area contributed by atoms with Crippen LogP contribution in [0.5, 0.6) is 0 Å². The molecular formula is C10H18O2. The maximum absolute atomic E-state index is 5.12. The molecule has 0 fully saturated rings. The van der Waals surface area contributed by atoms with Crippen molar-refractivity contribution in [3.05, 3.63) is 24.0 Å². The molecule has 70 valence electrons. The van der Waals surface area contributed by atoms with Gasteiger partial charge in [-0.25, -0.2) is 0 Å². The monoisotopic (exact) mass is 170 g/mol. The Labute approximate surface area is 74.9 Å². The maximum atomic E-state index is 5.12. The number of rotatable bonds is 2. The number of hydrogen-bond acceptors (Lipinski definition) is 2. The van der Waals surface area contributed by atoms with E-state index < -0.39 is 0 Å². The zero-order valence-electron chi connectivity index (χ0n) is 8.33. The Hall–Kier alpha value is -0.760. The molecule has 0 N–H and O–H groups in total. The summed E-state index contributed by atoms with van der Waals surface area (Å²) >= 11 is 0. The van der Waals surface area contributed by atoms with Gasteiger partial charge in [-0.3, -0.25) is 0 Å². The van der Waals surface area contributed by atoms with Gasteiger partial charge in [0.25, 0.3) is 0 Å². The summed E-state index contributed by atoms with van der Waals surface area (Å²) in [6, 6.07) is 0. The summed E-state index contributed by atoms with van der Waals surface area (Å²) in [5, 5.41) is 0. The molecule has 12 heavy (non-hydrogen) atoms. The van der Waals surface area contributed by atoms with Gasteiger partial charge in [-0.05, 0) is 18.6 Å². The van der Waals surface area contributed by atoms with Crippen LogP contribution in [0.4, 0.5) is 0 Å². The van der Waals surface area contributed by atoms with Gasteiger partial charge in [0.05, 0.1) is 13.2 Å². The molecule has 0 saturated heterocycles. The molecule has 0 radical (unpaired) electrons. The van der Waals surface area contributed by atoms with Gasteiger partial charge in [0, 0.05) is 7.11 Å². The zero-order chi connectivity index (χ0) is 9.40. The van der Waals surface area contributed by atoms with Crippen LogP contribution in [0.1, 0.15) is 20.3 Å². The SMILES string of the molecule is CC.COC1=CC(OC)CC=C1. The molecule has 0 aromatic carbocycles. The molecule has 1 rings (SSSR count). The average Bonchev–Trinajstić information content (AvgIpc) is 2.21.